The summed E-state index contributed by atoms with van der Waals surface area (Å²) in [6.45, 7) is 6.22. The maximum atomic E-state index is 12.0. The van der Waals surface area contributed by atoms with Crippen LogP contribution in [0.25, 0.3) is 11.3 Å². The molecule has 118 valence electrons. The van der Waals surface area contributed by atoms with E-state index in [1.54, 1.807) is 11.3 Å². The second-order valence-corrected chi connectivity index (χ2v) is 8.93. The summed E-state index contributed by atoms with van der Waals surface area (Å²) >= 11 is 1.67. The lowest BCUT2D eigenvalue weighted by molar-refractivity contribution is 0.590. The van der Waals surface area contributed by atoms with Crippen LogP contribution in [0.3, 0.4) is 0 Å². The van der Waals surface area contributed by atoms with Crippen LogP contribution in [0.1, 0.15) is 37.3 Å². The summed E-state index contributed by atoms with van der Waals surface area (Å²) < 4.78 is 25.4. The summed E-state index contributed by atoms with van der Waals surface area (Å²) in [5.41, 5.74) is 3.92. The molecule has 2 aromatic rings. The molecule has 0 radical (unpaired) electrons. The largest absolute Gasteiger partial charge is 0.267 e. The molecule has 1 aliphatic heterocycles. The first-order valence-electron chi connectivity index (χ1n) is 7.35. The lowest BCUT2D eigenvalue weighted by Crippen LogP contribution is -2.34. The first-order chi connectivity index (χ1) is 10.3. The van der Waals surface area contributed by atoms with Gasteiger partial charge in [-0.2, -0.15) is 0 Å². The van der Waals surface area contributed by atoms with Crippen molar-refractivity contribution in [3.63, 3.8) is 0 Å². The zero-order valence-electron chi connectivity index (χ0n) is 13.2. The highest BCUT2D eigenvalue weighted by Crippen LogP contribution is 2.37. The number of aromatic nitrogens is 1. The van der Waals surface area contributed by atoms with Crippen LogP contribution >= 0.6 is 11.3 Å². The zero-order chi connectivity index (χ0) is 16.1. The highest BCUT2D eigenvalue weighted by atomic mass is 32.2. The molecule has 0 fully saturated rings. The topological polar surface area (TPSA) is 50.3 Å². The summed E-state index contributed by atoms with van der Waals surface area (Å²) in [5.74, 6) is 0.425. The molecular weight excluding hydrogens is 316 g/mol. The number of fused-ring (bicyclic) bond motifs is 1. The van der Waals surface area contributed by atoms with E-state index >= 15 is 0 Å². The van der Waals surface area contributed by atoms with E-state index in [0.717, 1.165) is 33.9 Å². The van der Waals surface area contributed by atoms with Gasteiger partial charge in [-0.25, -0.2) is 13.4 Å². The van der Waals surface area contributed by atoms with E-state index in [1.807, 2.05) is 19.1 Å². The average Bonchev–Trinajstić information content (AvgIpc) is 2.99. The Morgan fingerprint density at radius 1 is 1.36 bits per heavy atom. The number of hydrogen-bond donors (Lipinski definition) is 0. The molecule has 0 bridgehead atoms. The van der Waals surface area contributed by atoms with Crippen molar-refractivity contribution in [2.75, 3.05) is 10.6 Å². The van der Waals surface area contributed by atoms with Crippen LogP contribution in [-0.4, -0.2) is 25.7 Å². The van der Waals surface area contributed by atoms with Crippen molar-refractivity contribution in [3.05, 3.63) is 34.2 Å². The second kappa shape index (κ2) is 5.35. The van der Waals surface area contributed by atoms with E-state index < -0.39 is 10.0 Å². The molecular formula is C16H20N2O2S2. The number of thiazole rings is 1. The standard InChI is InChI=1S/C16H20N2O2S2/c1-10(2)16-17-14(9-21-16)12-5-6-15-13(8-12)7-11(3)18(15)22(4,19)20/h5-6,8-11H,7H2,1-4H3/t11-/m1/s1. The Balaban J connectivity index is 2.01. The highest BCUT2D eigenvalue weighted by molar-refractivity contribution is 7.92. The normalized spacial score (nSPS) is 18.0. The van der Waals surface area contributed by atoms with E-state index in [1.165, 1.54) is 10.6 Å². The first-order valence-corrected chi connectivity index (χ1v) is 10.1. The number of anilines is 1. The molecule has 1 aliphatic rings. The molecule has 0 aliphatic carbocycles. The quantitative estimate of drug-likeness (QED) is 0.860. The van der Waals surface area contributed by atoms with Crippen molar-refractivity contribution < 1.29 is 8.42 Å². The third-order valence-electron chi connectivity index (χ3n) is 3.90. The molecule has 0 amide bonds. The molecule has 1 atom stereocenters. The van der Waals surface area contributed by atoms with Gasteiger partial charge in [0, 0.05) is 22.9 Å². The van der Waals surface area contributed by atoms with Crippen LogP contribution < -0.4 is 4.31 Å². The number of sulfonamides is 1. The van der Waals surface area contributed by atoms with Crippen LogP contribution in [0.5, 0.6) is 0 Å². The number of rotatable bonds is 3. The first kappa shape index (κ1) is 15.5. The van der Waals surface area contributed by atoms with Crippen molar-refractivity contribution in [2.24, 2.45) is 0 Å². The van der Waals surface area contributed by atoms with Gasteiger partial charge in [-0.1, -0.05) is 19.9 Å². The number of nitrogens with zero attached hydrogens (tertiary/aromatic N) is 2. The Bertz CT molecular complexity index is 809. The highest BCUT2D eigenvalue weighted by Gasteiger charge is 2.32. The van der Waals surface area contributed by atoms with Gasteiger partial charge in [-0.3, -0.25) is 4.31 Å². The number of hydrogen-bond acceptors (Lipinski definition) is 4. The third kappa shape index (κ3) is 2.65. The Morgan fingerprint density at radius 2 is 2.09 bits per heavy atom. The Morgan fingerprint density at radius 3 is 2.68 bits per heavy atom. The van der Waals surface area contributed by atoms with Crippen LogP contribution in [0.4, 0.5) is 5.69 Å². The summed E-state index contributed by atoms with van der Waals surface area (Å²) in [7, 11) is -3.23. The van der Waals surface area contributed by atoms with E-state index in [4.69, 9.17) is 0 Å². The second-order valence-electron chi connectivity index (χ2n) is 6.18. The van der Waals surface area contributed by atoms with Crippen molar-refractivity contribution in [3.8, 4) is 11.3 Å². The van der Waals surface area contributed by atoms with Crippen molar-refractivity contribution in [1.29, 1.82) is 0 Å². The third-order valence-corrected chi connectivity index (χ3v) is 6.32. The summed E-state index contributed by atoms with van der Waals surface area (Å²) in [5, 5.41) is 3.20. The summed E-state index contributed by atoms with van der Waals surface area (Å²) in [6, 6.07) is 5.93. The molecule has 22 heavy (non-hydrogen) atoms. The van der Waals surface area contributed by atoms with Gasteiger partial charge < -0.3 is 0 Å². The van der Waals surface area contributed by atoms with Crippen molar-refractivity contribution in [2.45, 2.75) is 39.2 Å². The molecule has 0 saturated carbocycles. The number of benzene rings is 1. The Kier molecular flexibility index (Phi) is 3.77. The zero-order valence-corrected chi connectivity index (χ0v) is 14.8. The molecule has 0 N–H and O–H groups in total. The van der Waals surface area contributed by atoms with Crippen LogP contribution in [0, 0.1) is 0 Å². The van der Waals surface area contributed by atoms with Gasteiger partial charge in [-0.15, -0.1) is 11.3 Å². The van der Waals surface area contributed by atoms with E-state index in [0.29, 0.717) is 5.92 Å². The lowest BCUT2D eigenvalue weighted by atomic mass is 10.1. The Labute approximate surface area is 135 Å². The van der Waals surface area contributed by atoms with Gasteiger partial charge in [0.15, 0.2) is 0 Å². The molecule has 0 spiro atoms. The fraction of sp³-hybridized carbons (Fsp3) is 0.438. The van der Waals surface area contributed by atoms with E-state index in [-0.39, 0.29) is 6.04 Å². The van der Waals surface area contributed by atoms with E-state index in [2.05, 4.69) is 30.3 Å². The average molecular weight is 336 g/mol. The lowest BCUT2D eigenvalue weighted by Gasteiger charge is -2.21. The van der Waals surface area contributed by atoms with Crippen molar-refractivity contribution in [1.82, 2.24) is 4.98 Å². The molecule has 3 rings (SSSR count). The smallest absolute Gasteiger partial charge is 0.232 e. The predicted octanol–water partition coefficient (Wildman–Crippen LogP) is 3.64. The van der Waals surface area contributed by atoms with Crippen LogP contribution in [0.15, 0.2) is 23.6 Å². The fourth-order valence-corrected chi connectivity index (χ4v) is 5.06. The van der Waals surface area contributed by atoms with Gasteiger partial charge in [0.25, 0.3) is 0 Å². The summed E-state index contributed by atoms with van der Waals surface area (Å²) in [6.07, 6.45) is 2.01. The molecule has 2 heterocycles. The molecule has 1 aromatic carbocycles. The minimum Gasteiger partial charge on any atom is -0.267 e. The molecule has 6 heteroatoms. The van der Waals surface area contributed by atoms with Crippen LogP contribution in [-0.2, 0) is 16.4 Å². The molecule has 0 unspecified atom stereocenters. The van der Waals surface area contributed by atoms with Gasteiger partial charge in [0.05, 0.1) is 22.6 Å². The maximum Gasteiger partial charge on any atom is 0.232 e. The van der Waals surface area contributed by atoms with Gasteiger partial charge in [0.2, 0.25) is 10.0 Å². The predicted molar refractivity (Wildman–Crippen MR) is 92.1 cm³/mol. The minimum absolute atomic E-state index is 0.0260. The SMILES string of the molecule is CC(C)c1nc(-c2ccc3c(c2)C[C@@H](C)N3S(C)(=O)=O)cs1. The molecule has 4 nitrogen and oxygen atoms in total. The van der Waals surface area contributed by atoms with Gasteiger partial charge in [-0.05, 0) is 31.0 Å². The molecule has 1 aromatic heterocycles. The monoisotopic (exact) mass is 336 g/mol. The van der Waals surface area contributed by atoms with E-state index in [9.17, 15) is 8.42 Å². The van der Waals surface area contributed by atoms with Gasteiger partial charge >= 0.3 is 0 Å². The van der Waals surface area contributed by atoms with Crippen molar-refractivity contribution >= 4 is 27.0 Å². The van der Waals surface area contributed by atoms with Gasteiger partial charge in [0.1, 0.15) is 0 Å². The minimum atomic E-state index is -3.23. The maximum absolute atomic E-state index is 12.0. The molecule has 0 saturated heterocycles. The summed E-state index contributed by atoms with van der Waals surface area (Å²) in [4.78, 5) is 4.68. The van der Waals surface area contributed by atoms with Crippen LogP contribution in [0.2, 0.25) is 0 Å². The fourth-order valence-electron chi connectivity index (χ4n) is 2.95. The Hall–Kier alpha value is -1.40.